The summed E-state index contributed by atoms with van der Waals surface area (Å²) >= 11 is 0. The van der Waals surface area contributed by atoms with E-state index in [-0.39, 0.29) is 12.4 Å². The quantitative estimate of drug-likeness (QED) is 0.758. The van der Waals surface area contributed by atoms with Gasteiger partial charge in [-0.15, -0.1) is 0 Å². The molecule has 0 aliphatic carbocycles. The first-order valence-corrected chi connectivity index (χ1v) is 7.14. The third-order valence-electron chi connectivity index (χ3n) is 3.47. The highest BCUT2D eigenvalue weighted by molar-refractivity contribution is 5.17. The lowest BCUT2D eigenvalue weighted by Gasteiger charge is -2.26. The van der Waals surface area contributed by atoms with Crippen molar-refractivity contribution < 1.29 is 9.50 Å². The molecule has 1 aromatic carbocycles. The molecule has 2 atom stereocenters. The first-order chi connectivity index (χ1) is 9.02. The van der Waals surface area contributed by atoms with Crippen molar-refractivity contribution in [1.29, 1.82) is 0 Å². The van der Waals surface area contributed by atoms with E-state index < -0.39 is 0 Å². The predicted octanol–water partition coefficient (Wildman–Crippen LogP) is 3.14. The summed E-state index contributed by atoms with van der Waals surface area (Å²) in [5.41, 5.74) is 1.15. The molecule has 0 saturated heterocycles. The molecule has 0 amide bonds. The lowest BCUT2D eigenvalue weighted by atomic mass is 9.95. The molecule has 3 heteroatoms. The van der Waals surface area contributed by atoms with Gasteiger partial charge in [-0.25, -0.2) is 4.39 Å². The fourth-order valence-corrected chi connectivity index (χ4v) is 2.21. The molecular formula is C16H26FNO. The van der Waals surface area contributed by atoms with Gasteiger partial charge in [0.05, 0.1) is 0 Å². The number of aliphatic hydroxyl groups excluding tert-OH is 1. The lowest BCUT2D eigenvalue weighted by Crippen LogP contribution is -2.41. The van der Waals surface area contributed by atoms with Gasteiger partial charge in [-0.3, -0.25) is 0 Å². The van der Waals surface area contributed by atoms with E-state index in [1.54, 1.807) is 0 Å². The van der Waals surface area contributed by atoms with E-state index in [1.807, 2.05) is 12.1 Å². The summed E-state index contributed by atoms with van der Waals surface area (Å²) in [6.45, 7) is 6.78. The van der Waals surface area contributed by atoms with Crippen molar-refractivity contribution in [1.82, 2.24) is 5.32 Å². The molecule has 108 valence electrons. The number of aliphatic hydroxyl groups is 1. The Hall–Kier alpha value is -0.930. The van der Waals surface area contributed by atoms with Crippen molar-refractivity contribution in [3.8, 4) is 0 Å². The Kier molecular flexibility index (Phi) is 7.03. The van der Waals surface area contributed by atoms with Crippen LogP contribution in [-0.4, -0.2) is 23.8 Å². The van der Waals surface area contributed by atoms with Gasteiger partial charge in [0.1, 0.15) is 5.82 Å². The second-order valence-electron chi connectivity index (χ2n) is 5.61. The summed E-state index contributed by atoms with van der Waals surface area (Å²) in [4.78, 5) is 0. The molecule has 0 heterocycles. The highest BCUT2D eigenvalue weighted by Gasteiger charge is 2.16. The SMILES string of the molecule is CC(CCCO)NC(Cc1ccc(F)cc1)C(C)C. The molecule has 0 bridgehead atoms. The van der Waals surface area contributed by atoms with Crippen LogP contribution in [0.5, 0.6) is 0 Å². The molecule has 0 aliphatic heterocycles. The van der Waals surface area contributed by atoms with Crippen molar-refractivity contribution in [2.45, 2.75) is 52.1 Å². The molecule has 2 N–H and O–H groups in total. The average Bonchev–Trinajstić information content (AvgIpc) is 2.38. The maximum absolute atomic E-state index is 12.9. The minimum atomic E-state index is -0.186. The van der Waals surface area contributed by atoms with Gasteiger partial charge in [-0.05, 0) is 49.8 Å². The predicted molar refractivity (Wildman–Crippen MR) is 77.6 cm³/mol. The Morgan fingerprint density at radius 3 is 2.32 bits per heavy atom. The van der Waals surface area contributed by atoms with Crippen LogP contribution in [-0.2, 0) is 6.42 Å². The summed E-state index contributed by atoms with van der Waals surface area (Å²) in [7, 11) is 0. The molecule has 2 nitrogen and oxygen atoms in total. The van der Waals surface area contributed by atoms with Crippen LogP contribution in [0, 0.1) is 11.7 Å². The van der Waals surface area contributed by atoms with Crippen LogP contribution in [0.2, 0.25) is 0 Å². The second-order valence-corrected chi connectivity index (χ2v) is 5.61. The van der Waals surface area contributed by atoms with E-state index >= 15 is 0 Å². The molecule has 0 aromatic heterocycles. The highest BCUT2D eigenvalue weighted by Crippen LogP contribution is 2.13. The Bertz CT molecular complexity index is 350. The largest absolute Gasteiger partial charge is 0.396 e. The van der Waals surface area contributed by atoms with Gasteiger partial charge in [-0.1, -0.05) is 26.0 Å². The van der Waals surface area contributed by atoms with Crippen LogP contribution in [0.4, 0.5) is 4.39 Å². The van der Waals surface area contributed by atoms with Crippen LogP contribution >= 0.6 is 0 Å². The number of hydrogen-bond acceptors (Lipinski definition) is 2. The summed E-state index contributed by atoms with van der Waals surface area (Å²) in [5.74, 6) is 0.329. The fourth-order valence-electron chi connectivity index (χ4n) is 2.21. The standard InChI is InChI=1S/C16H26FNO/c1-12(2)16(18-13(3)5-4-10-19)11-14-6-8-15(17)9-7-14/h6-9,12-13,16,18-19H,4-5,10-11H2,1-3H3. The van der Waals surface area contributed by atoms with Crippen molar-refractivity contribution in [3.63, 3.8) is 0 Å². The Balaban J connectivity index is 2.55. The minimum absolute atomic E-state index is 0.186. The monoisotopic (exact) mass is 267 g/mol. The van der Waals surface area contributed by atoms with Crippen molar-refractivity contribution in [3.05, 3.63) is 35.6 Å². The molecule has 0 fully saturated rings. The van der Waals surface area contributed by atoms with Gasteiger partial charge >= 0.3 is 0 Å². The van der Waals surface area contributed by atoms with E-state index in [0.29, 0.717) is 18.0 Å². The molecule has 19 heavy (non-hydrogen) atoms. The van der Waals surface area contributed by atoms with Crippen LogP contribution in [0.1, 0.15) is 39.2 Å². The number of benzene rings is 1. The van der Waals surface area contributed by atoms with E-state index in [2.05, 4.69) is 26.1 Å². The topological polar surface area (TPSA) is 32.3 Å². The summed E-state index contributed by atoms with van der Waals surface area (Å²) in [6, 6.07) is 7.50. The van der Waals surface area contributed by atoms with Crippen LogP contribution in [0.25, 0.3) is 0 Å². The minimum Gasteiger partial charge on any atom is -0.396 e. The summed E-state index contributed by atoms with van der Waals surface area (Å²) < 4.78 is 12.9. The van der Waals surface area contributed by atoms with E-state index in [0.717, 1.165) is 24.8 Å². The van der Waals surface area contributed by atoms with Crippen molar-refractivity contribution in [2.75, 3.05) is 6.61 Å². The number of hydrogen-bond donors (Lipinski definition) is 2. The molecule has 1 rings (SSSR count). The smallest absolute Gasteiger partial charge is 0.123 e. The van der Waals surface area contributed by atoms with Gasteiger partial charge < -0.3 is 10.4 Å². The van der Waals surface area contributed by atoms with Gasteiger partial charge in [0.15, 0.2) is 0 Å². The Morgan fingerprint density at radius 2 is 1.79 bits per heavy atom. The Morgan fingerprint density at radius 1 is 1.16 bits per heavy atom. The molecule has 1 aromatic rings. The molecule has 0 saturated carbocycles. The number of halogens is 1. The lowest BCUT2D eigenvalue weighted by molar-refractivity contribution is 0.268. The van der Waals surface area contributed by atoms with E-state index in [4.69, 9.17) is 5.11 Å². The van der Waals surface area contributed by atoms with Crippen LogP contribution < -0.4 is 5.32 Å². The van der Waals surface area contributed by atoms with Gasteiger partial charge in [-0.2, -0.15) is 0 Å². The molecule has 2 unspecified atom stereocenters. The van der Waals surface area contributed by atoms with Crippen LogP contribution in [0.15, 0.2) is 24.3 Å². The van der Waals surface area contributed by atoms with E-state index in [9.17, 15) is 4.39 Å². The zero-order chi connectivity index (χ0) is 14.3. The molecule has 0 aliphatic rings. The second kappa shape index (κ2) is 8.28. The summed E-state index contributed by atoms with van der Waals surface area (Å²) in [6.07, 6.45) is 2.71. The summed E-state index contributed by atoms with van der Waals surface area (Å²) in [5, 5.41) is 12.5. The molecular weight excluding hydrogens is 241 g/mol. The van der Waals surface area contributed by atoms with Crippen LogP contribution in [0.3, 0.4) is 0 Å². The van der Waals surface area contributed by atoms with Gasteiger partial charge in [0.25, 0.3) is 0 Å². The van der Waals surface area contributed by atoms with Crippen molar-refractivity contribution in [2.24, 2.45) is 5.92 Å². The molecule has 0 spiro atoms. The first kappa shape index (κ1) is 16.1. The maximum Gasteiger partial charge on any atom is 0.123 e. The number of nitrogens with one attached hydrogen (secondary N) is 1. The average molecular weight is 267 g/mol. The normalized spacial score (nSPS) is 14.6. The highest BCUT2D eigenvalue weighted by atomic mass is 19.1. The number of rotatable bonds is 8. The molecule has 0 radical (unpaired) electrons. The fraction of sp³-hybridized carbons (Fsp3) is 0.625. The third kappa shape index (κ3) is 6.17. The van der Waals surface area contributed by atoms with E-state index in [1.165, 1.54) is 12.1 Å². The van der Waals surface area contributed by atoms with Crippen molar-refractivity contribution >= 4 is 0 Å². The third-order valence-corrected chi connectivity index (χ3v) is 3.47. The van der Waals surface area contributed by atoms with Gasteiger partial charge in [0.2, 0.25) is 0 Å². The Labute approximate surface area is 116 Å². The maximum atomic E-state index is 12.9. The zero-order valence-corrected chi connectivity index (χ0v) is 12.2. The zero-order valence-electron chi connectivity index (χ0n) is 12.2. The van der Waals surface area contributed by atoms with Gasteiger partial charge in [0, 0.05) is 18.7 Å². The first-order valence-electron chi connectivity index (χ1n) is 7.14.